The molecule has 3 unspecified atom stereocenters. The number of anilines is 9. The van der Waals surface area contributed by atoms with E-state index in [0.29, 0.717) is 0 Å². The minimum Gasteiger partial charge on any atom is -0.334 e. The number of aryl methyl sites for hydroxylation is 6. The van der Waals surface area contributed by atoms with Gasteiger partial charge >= 0.3 is 0 Å². The Morgan fingerprint density at radius 1 is 0.306 bits per heavy atom. The van der Waals surface area contributed by atoms with Crippen molar-refractivity contribution in [1.29, 1.82) is 0 Å². The van der Waals surface area contributed by atoms with Crippen molar-refractivity contribution in [1.82, 2.24) is 0 Å². The lowest BCUT2D eigenvalue weighted by Crippen LogP contribution is -2.34. The van der Waals surface area contributed by atoms with E-state index in [1.54, 1.807) is 0 Å². The fraction of sp³-hybridized carbons (Fsp3) is 0.185. The van der Waals surface area contributed by atoms with Gasteiger partial charge in [-0.2, -0.15) is 0 Å². The number of nitrogens with zero attached hydrogens (tertiary/aromatic N) is 4. The molecule has 0 saturated heterocycles. The first-order chi connectivity index (χ1) is 41.4. The van der Waals surface area contributed by atoms with E-state index in [4.69, 9.17) is 0 Å². The van der Waals surface area contributed by atoms with Gasteiger partial charge in [0.25, 0.3) is 0 Å². The van der Waals surface area contributed by atoms with E-state index < -0.39 is 5.41 Å². The smallest absolute Gasteiger partial charge is 0.0725 e. The van der Waals surface area contributed by atoms with E-state index in [1.807, 2.05) is 0 Å². The third-order valence-electron chi connectivity index (χ3n) is 18.6. The first-order valence-corrected chi connectivity index (χ1v) is 30.5. The highest BCUT2D eigenvalue weighted by atomic mass is 15.2. The normalized spacial score (nSPS) is 18.8. The summed E-state index contributed by atoms with van der Waals surface area (Å²) in [5.74, 6) is 0. The number of benzene rings is 9. The van der Waals surface area contributed by atoms with Gasteiger partial charge in [0.05, 0.1) is 23.5 Å². The largest absolute Gasteiger partial charge is 0.334 e. The van der Waals surface area contributed by atoms with Crippen LogP contribution < -0.4 is 19.6 Å². The standard InChI is InChI=1S/C81H74N4/c1-53-9-25-61(26-10-53)82(62-27-11-54(2)12-28-62)69-41-45-73-74-46-42-70(83(63-29-13-55(3)14-30-63)64-31-15-56(4)16-32-64)50-78(74)81(77(73)49-69)79-51-71(84(65-33-17-57(5)18-34-65)66-35-19-58(6)20-36-66)43-47-75(79)76-48-44-72(52-80(76)81)85(67-37-21-59(7)22-38-67)68-39-23-60(8)24-40-68/h9-35,37-39,41,43-52,66,68,70H,36,40,42H2,1-8H3. The lowest BCUT2D eigenvalue weighted by Gasteiger charge is -2.39. The molecule has 0 fully saturated rings. The van der Waals surface area contributed by atoms with E-state index in [-0.39, 0.29) is 18.1 Å². The van der Waals surface area contributed by atoms with E-state index in [9.17, 15) is 0 Å². The zero-order chi connectivity index (χ0) is 58.1. The lowest BCUT2D eigenvalue weighted by atomic mass is 9.68. The van der Waals surface area contributed by atoms with Gasteiger partial charge < -0.3 is 19.6 Å². The van der Waals surface area contributed by atoms with E-state index in [1.165, 1.54) is 123 Å². The summed E-state index contributed by atoms with van der Waals surface area (Å²) < 4.78 is 0. The van der Waals surface area contributed by atoms with Gasteiger partial charge in [-0.1, -0.05) is 184 Å². The topological polar surface area (TPSA) is 13.0 Å². The van der Waals surface area contributed by atoms with Crippen LogP contribution in [0, 0.1) is 41.5 Å². The van der Waals surface area contributed by atoms with Gasteiger partial charge in [-0.25, -0.2) is 0 Å². The molecule has 0 aromatic heterocycles. The van der Waals surface area contributed by atoms with Crippen LogP contribution >= 0.6 is 0 Å². The Balaban J connectivity index is 1.08. The van der Waals surface area contributed by atoms with Gasteiger partial charge in [0.15, 0.2) is 0 Å². The number of rotatable bonds is 12. The van der Waals surface area contributed by atoms with Crippen LogP contribution in [0.3, 0.4) is 0 Å². The maximum Gasteiger partial charge on any atom is 0.0725 e. The molecule has 9 aromatic carbocycles. The van der Waals surface area contributed by atoms with Crippen molar-refractivity contribution >= 4 is 56.8 Å². The molecule has 0 amide bonds. The van der Waals surface area contributed by atoms with Gasteiger partial charge in [-0.3, -0.25) is 0 Å². The summed E-state index contributed by atoms with van der Waals surface area (Å²) >= 11 is 0. The highest BCUT2D eigenvalue weighted by Gasteiger charge is 2.55. The van der Waals surface area contributed by atoms with Crippen molar-refractivity contribution in [3.8, 4) is 11.1 Å². The second kappa shape index (κ2) is 21.7. The molecule has 0 saturated carbocycles. The Morgan fingerprint density at radius 3 is 0.988 bits per heavy atom. The second-order valence-electron chi connectivity index (χ2n) is 24.6. The first kappa shape index (κ1) is 53.6. The summed E-state index contributed by atoms with van der Waals surface area (Å²) in [4.78, 5) is 10.3. The molecule has 5 aliphatic carbocycles. The van der Waals surface area contributed by atoms with E-state index in [0.717, 1.165) is 36.3 Å². The second-order valence-corrected chi connectivity index (χ2v) is 24.6. The van der Waals surface area contributed by atoms with E-state index >= 15 is 0 Å². The average Bonchev–Trinajstić information content (AvgIpc) is 1.70. The Bertz CT molecular complexity index is 4000. The monoisotopic (exact) mass is 1100 g/mol. The summed E-state index contributed by atoms with van der Waals surface area (Å²) in [6, 6.07) is 77.3. The molecule has 0 heterocycles. The summed E-state index contributed by atoms with van der Waals surface area (Å²) in [6.07, 6.45) is 22.2. The Kier molecular flexibility index (Phi) is 13.7. The quantitative estimate of drug-likeness (QED) is 0.121. The SMILES string of the molecule is CC1=CCC(N(c2ccc(C)cc2)c2ccc3c(c2)C2(C4=CC(N(c5ccc(C)cc5)c5ccc(C)cc5)CC=C4c4ccc(N(c5ccc(C)cc5)c5ccc(C)cc5)cc42)c2cc(N(c4ccc(C)cc4)C4C=CC(C)=CC4)ccc2-3)C=C1. The van der Waals surface area contributed by atoms with Crippen LogP contribution in [0.2, 0.25) is 0 Å². The van der Waals surface area contributed by atoms with Crippen molar-refractivity contribution in [3.63, 3.8) is 0 Å². The van der Waals surface area contributed by atoms with Gasteiger partial charge in [-0.05, 0) is 228 Å². The number of fused-ring (bicyclic) bond motifs is 10. The molecule has 9 aromatic rings. The maximum atomic E-state index is 2.69. The van der Waals surface area contributed by atoms with Crippen LogP contribution in [-0.2, 0) is 5.41 Å². The Morgan fingerprint density at radius 2 is 0.612 bits per heavy atom. The molecule has 3 atom stereocenters. The fourth-order valence-corrected chi connectivity index (χ4v) is 14.1. The lowest BCUT2D eigenvalue weighted by molar-refractivity contribution is 0.733. The molecule has 4 heteroatoms. The average molecular weight is 1100 g/mol. The van der Waals surface area contributed by atoms with Crippen LogP contribution in [0.15, 0.2) is 266 Å². The molecule has 0 aliphatic heterocycles. The molecule has 0 N–H and O–H groups in total. The third kappa shape index (κ3) is 9.59. The van der Waals surface area contributed by atoms with Gasteiger partial charge in [0.2, 0.25) is 0 Å². The van der Waals surface area contributed by atoms with Crippen molar-refractivity contribution in [2.75, 3.05) is 19.6 Å². The third-order valence-corrected chi connectivity index (χ3v) is 18.6. The van der Waals surface area contributed by atoms with Crippen molar-refractivity contribution in [2.24, 2.45) is 0 Å². The molecule has 0 bridgehead atoms. The summed E-state index contributed by atoms with van der Waals surface area (Å²) in [5.41, 5.74) is 30.2. The zero-order valence-electron chi connectivity index (χ0n) is 50.3. The molecule has 14 rings (SSSR count). The maximum absolute atomic E-state index is 2.69. The highest BCUT2D eigenvalue weighted by molar-refractivity contribution is 6.03. The van der Waals surface area contributed by atoms with Crippen molar-refractivity contribution in [3.05, 3.63) is 321 Å². The van der Waals surface area contributed by atoms with Crippen LogP contribution in [0.25, 0.3) is 16.7 Å². The molecule has 1 spiro atoms. The number of allylic oxidation sites excluding steroid dienone is 6. The van der Waals surface area contributed by atoms with Crippen LogP contribution in [-0.4, -0.2) is 18.1 Å². The van der Waals surface area contributed by atoms with Crippen molar-refractivity contribution < 1.29 is 0 Å². The Labute approximate surface area is 504 Å². The molecule has 5 aliphatic rings. The molecular weight excluding hydrogens is 1030 g/mol. The molecular formula is C81H74N4. The fourth-order valence-electron chi connectivity index (χ4n) is 14.1. The first-order valence-electron chi connectivity index (χ1n) is 30.5. The molecule has 0 radical (unpaired) electrons. The molecule has 85 heavy (non-hydrogen) atoms. The van der Waals surface area contributed by atoms with Gasteiger partial charge in [-0.15, -0.1) is 0 Å². The van der Waals surface area contributed by atoms with Crippen LogP contribution in [0.1, 0.15) is 88.7 Å². The highest BCUT2D eigenvalue weighted by Crippen LogP contribution is 2.66. The zero-order valence-corrected chi connectivity index (χ0v) is 50.3. The summed E-state index contributed by atoms with van der Waals surface area (Å²) in [5, 5.41) is 0. The van der Waals surface area contributed by atoms with Crippen LogP contribution in [0.4, 0.5) is 51.2 Å². The predicted molar refractivity (Wildman–Crippen MR) is 361 cm³/mol. The minimum absolute atomic E-state index is 0.0109. The minimum atomic E-state index is -0.763. The summed E-state index contributed by atoms with van der Waals surface area (Å²) in [7, 11) is 0. The van der Waals surface area contributed by atoms with Crippen LogP contribution in [0.5, 0.6) is 0 Å². The predicted octanol–water partition coefficient (Wildman–Crippen LogP) is 21.1. The van der Waals surface area contributed by atoms with Gasteiger partial charge in [0.1, 0.15) is 0 Å². The molecule has 418 valence electrons. The molecule has 4 nitrogen and oxygen atoms in total. The van der Waals surface area contributed by atoms with Crippen molar-refractivity contribution in [2.45, 2.75) is 98.2 Å². The summed E-state index contributed by atoms with van der Waals surface area (Å²) in [6.45, 7) is 17.5. The number of hydrogen-bond donors (Lipinski definition) is 0. The van der Waals surface area contributed by atoms with E-state index in [2.05, 4.69) is 324 Å². The Hall–Kier alpha value is -9.38. The number of hydrogen-bond acceptors (Lipinski definition) is 4. The van der Waals surface area contributed by atoms with Gasteiger partial charge in [0, 0.05) is 51.2 Å².